The normalized spacial score (nSPS) is 29.6. The topological polar surface area (TPSA) is 73.4 Å². The van der Waals surface area contributed by atoms with Crippen molar-refractivity contribution in [2.45, 2.75) is 38.6 Å². The summed E-state index contributed by atoms with van der Waals surface area (Å²) in [6, 6.07) is 0.358. The maximum absolute atomic E-state index is 12.7. The smallest absolute Gasteiger partial charge is 0.282 e. The fraction of sp³-hybridized carbons (Fsp3) is 0.944. The van der Waals surface area contributed by atoms with Crippen LogP contribution in [0.3, 0.4) is 0 Å². The average molecular weight is 403 g/mol. The molecule has 0 N–H and O–H groups in total. The Hall–Kier alpha value is -0.740. The molecule has 0 aromatic heterocycles. The zero-order valence-corrected chi connectivity index (χ0v) is 17.5. The van der Waals surface area contributed by atoms with E-state index in [0.717, 1.165) is 18.8 Å². The van der Waals surface area contributed by atoms with Gasteiger partial charge >= 0.3 is 0 Å². The van der Waals surface area contributed by atoms with E-state index < -0.39 is 10.2 Å². The Morgan fingerprint density at radius 2 is 1.52 bits per heavy atom. The van der Waals surface area contributed by atoms with E-state index in [2.05, 4.69) is 11.8 Å². The molecule has 156 valence electrons. The van der Waals surface area contributed by atoms with Gasteiger partial charge in [-0.15, -0.1) is 0 Å². The molecule has 0 atom stereocenters. The molecule has 9 heteroatoms. The van der Waals surface area contributed by atoms with Crippen molar-refractivity contribution in [2.75, 3.05) is 66.1 Å². The summed E-state index contributed by atoms with van der Waals surface area (Å²) in [7, 11) is -1.49. The molecule has 3 aliphatic rings. The number of ether oxygens (including phenoxy) is 1. The Kier molecular flexibility index (Phi) is 7.13. The average Bonchev–Trinajstić information content (AvgIpc) is 2.69. The molecule has 2 heterocycles. The van der Waals surface area contributed by atoms with E-state index in [1.165, 1.54) is 17.1 Å². The van der Waals surface area contributed by atoms with Crippen LogP contribution in [-0.4, -0.2) is 105 Å². The van der Waals surface area contributed by atoms with Crippen LogP contribution in [0.1, 0.15) is 32.6 Å². The van der Waals surface area contributed by atoms with Gasteiger partial charge in [0.2, 0.25) is 5.91 Å². The molecule has 1 saturated carbocycles. The van der Waals surface area contributed by atoms with E-state index in [-0.39, 0.29) is 5.91 Å². The molecule has 2 saturated heterocycles. The molecule has 3 fully saturated rings. The number of hydrogen-bond acceptors (Lipinski definition) is 5. The lowest BCUT2D eigenvalue weighted by atomic mass is 9.87. The summed E-state index contributed by atoms with van der Waals surface area (Å²) in [5.41, 5.74) is 0. The van der Waals surface area contributed by atoms with E-state index in [1.807, 2.05) is 11.9 Å². The highest BCUT2D eigenvalue weighted by atomic mass is 32.2. The quantitative estimate of drug-likeness (QED) is 0.658. The number of amides is 1. The van der Waals surface area contributed by atoms with Gasteiger partial charge in [-0.1, -0.05) is 6.92 Å². The molecule has 8 nitrogen and oxygen atoms in total. The minimum absolute atomic E-state index is 0.152. The van der Waals surface area contributed by atoms with Crippen molar-refractivity contribution < 1.29 is 17.9 Å². The number of carbonyl (C=O) groups is 1. The first-order valence-corrected chi connectivity index (χ1v) is 11.6. The van der Waals surface area contributed by atoms with Gasteiger partial charge in [0.15, 0.2) is 0 Å². The van der Waals surface area contributed by atoms with Crippen molar-refractivity contribution in [3.63, 3.8) is 0 Å². The van der Waals surface area contributed by atoms with Gasteiger partial charge in [0.1, 0.15) is 0 Å². The Labute approximate surface area is 163 Å². The Morgan fingerprint density at radius 1 is 0.963 bits per heavy atom. The first-order chi connectivity index (χ1) is 12.9. The number of morpholine rings is 1. The first kappa shape index (κ1) is 21.0. The van der Waals surface area contributed by atoms with E-state index in [4.69, 9.17) is 4.74 Å². The molecule has 0 aromatic rings. The van der Waals surface area contributed by atoms with Crippen molar-refractivity contribution >= 4 is 16.1 Å². The SMILES string of the molecule is CC1CCC(N(C)C(=O)CN2CCN(S(=O)(=O)N3CCOCC3)CC2)CC1. The fourth-order valence-electron chi connectivity index (χ4n) is 4.20. The van der Waals surface area contributed by atoms with Crippen molar-refractivity contribution in [3.05, 3.63) is 0 Å². The number of likely N-dealkylation sites (N-methyl/N-ethyl adjacent to an activating group) is 1. The maximum Gasteiger partial charge on any atom is 0.282 e. The largest absolute Gasteiger partial charge is 0.379 e. The van der Waals surface area contributed by atoms with Crippen LogP contribution in [0.25, 0.3) is 0 Å². The standard InChI is InChI=1S/C18H34N4O4S/c1-16-3-5-17(6-4-16)19(2)18(23)15-20-7-9-21(10-8-20)27(24,25)22-11-13-26-14-12-22/h16-17H,3-15H2,1-2H3. The van der Waals surface area contributed by atoms with Crippen molar-refractivity contribution in [1.82, 2.24) is 18.4 Å². The number of carbonyl (C=O) groups excluding carboxylic acids is 1. The van der Waals surface area contributed by atoms with Gasteiger partial charge in [0.05, 0.1) is 19.8 Å². The van der Waals surface area contributed by atoms with Crippen LogP contribution < -0.4 is 0 Å². The number of piperazine rings is 1. The van der Waals surface area contributed by atoms with Crippen LogP contribution in [0, 0.1) is 5.92 Å². The van der Waals surface area contributed by atoms with E-state index in [1.54, 1.807) is 4.31 Å². The monoisotopic (exact) mass is 402 g/mol. The van der Waals surface area contributed by atoms with Crippen LogP contribution in [0.4, 0.5) is 0 Å². The third kappa shape index (κ3) is 5.20. The Bertz CT molecular complexity index is 592. The lowest BCUT2D eigenvalue weighted by molar-refractivity contribution is -0.134. The number of nitrogens with zero attached hydrogens (tertiary/aromatic N) is 4. The lowest BCUT2D eigenvalue weighted by Crippen LogP contribution is -2.56. The zero-order chi connectivity index (χ0) is 19.4. The Morgan fingerprint density at radius 3 is 2.11 bits per heavy atom. The van der Waals surface area contributed by atoms with Gasteiger partial charge in [-0.2, -0.15) is 17.0 Å². The zero-order valence-electron chi connectivity index (χ0n) is 16.7. The first-order valence-electron chi connectivity index (χ1n) is 10.2. The molecule has 0 unspecified atom stereocenters. The van der Waals surface area contributed by atoms with Crippen molar-refractivity contribution in [3.8, 4) is 0 Å². The second-order valence-corrected chi connectivity index (χ2v) is 10.0. The third-order valence-electron chi connectivity index (χ3n) is 6.24. The molecule has 3 rings (SSSR count). The van der Waals surface area contributed by atoms with Gasteiger partial charge in [0, 0.05) is 52.4 Å². The molecule has 2 aliphatic heterocycles. The molecular weight excluding hydrogens is 368 g/mol. The van der Waals surface area contributed by atoms with Crippen molar-refractivity contribution in [2.24, 2.45) is 5.92 Å². The van der Waals surface area contributed by atoms with E-state index in [0.29, 0.717) is 65.1 Å². The van der Waals surface area contributed by atoms with Gasteiger partial charge in [0.25, 0.3) is 10.2 Å². The minimum atomic E-state index is -3.41. The summed E-state index contributed by atoms with van der Waals surface area (Å²) in [5, 5.41) is 0. The summed E-state index contributed by atoms with van der Waals surface area (Å²) in [4.78, 5) is 16.6. The summed E-state index contributed by atoms with van der Waals surface area (Å²) in [5.74, 6) is 0.922. The molecule has 0 radical (unpaired) electrons. The Balaban J connectivity index is 1.45. The van der Waals surface area contributed by atoms with Crippen LogP contribution >= 0.6 is 0 Å². The van der Waals surface area contributed by atoms with E-state index in [9.17, 15) is 13.2 Å². The molecule has 0 spiro atoms. The highest BCUT2D eigenvalue weighted by molar-refractivity contribution is 7.86. The summed E-state index contributed by atoms with van der Waals surface area (Å²) < 4.78 is 33.7. The van der Waals surface area contributed by atoms with Gasteiger partial charge in [-0.25, -0.2) is 0 Å². The van der Waals surface area contributed by atoms with Crippen LogP contribution in [-0.2, 0) is 19.7 Å². The predicted octanol–water partition coefficient (Wildman–Crippen LogP) is 0.218. The molecule has 27 heavy (non-hydrogen) atoms. The highest BCUT2D eigenvalue weighted by Crippen LogP contribution is 2.26. The number of hydrogen-bond donors (Lipinski definition) is 0. The van der Waals surface area contributed by atoms with E-state index >= 15 is 0 Å². The molecule has 0 aromatic carbocycles. The summed E-state index contributed by atoms with van der Waals surface area (Å²) in [6.07, 6.45) is 4.57. The fourth-order valence-corrected chi connectivity index (χ4v) is 5.76. The molecule has 1 amide bonds. The highest BCUT2D eigenvalue weighted by Gasteiger charge is 2.34. The summed E-state index contributed by atoms with van der Waals surface area (Å²) in [6.45, 7) is 6.51. The van der Waals surface area contributed by atoms with Crippen LogP contribution in [0.2, 0.25) is 0 Å². The molecular formula is C18H34N4O4S. The molecule has 0 bridgehead atoms. The second-order valence-electron chi connectivity index (χ2n) is 8.11. The minimum Gasteiger partial charge on any atom is -0.379 e. The lowest BCUT2D eigenvalue weighted by Gasteiger charge is -2.38. The molecule has 1 aliphatic carbocycles. The van der Waals surface area contributed by atoms with Gasteiger partial charge in [-0.3, -0.25) is 9.69 Å². The van der Waals surface area contributed by atoms with Gasteiger partial charge < -0.3 is 9.64 Å². The van der Waals surface area contributed by atoms with Crippen LogP contribution in [0.5, 0.6) is 0 Å². The maximum atomic E-state index is 12.7. The predicted molar refractivity (Wildman–Crippen MR) is 104 cm³/mol. The third-order valence-corrected chi connectivity index (χ3v) is 8.27. The van der Waals surface area contributed by atoms with Crippen LogP contribution in [0.15, 0.2) is 0 Å². The summed E-state index contributed by atoms with van der Waals surface area (Å²) >= 11 is 0. The second kappa shape index (κ2) is 9.17. The number of rotatable bonds is 5. The van der Waals surface area contributed by atoms with Crippen molar-refractivity contribution in [1.29, 1.82) is 0 Å². The van der Waals surface area contributed by atoms with Gasteiger partial charge in [-0.05, 0) is 31.6 Å².